The normalized spacial score (nSPS) is 17.8. The molecule has 2 aliphatic rings. The van der Waals surface area contributed by atoms with E-state index in [0.717, 1.165) is 24.5 Å². The van der Waals surface area contributed by atoms with Crippen molar-refractivity contribution in [2.24, 2.45) is 0 Å². The monoisotopic (exact) mass is 434 g/mol. The maximum Gasteiger partial charge on any atom is 0.248 e. The van der Waals surface area contributed by atoms with Crippen molar-refractivity contribution < 1.29 is 23.5 Å². The largest absolute Gasteiger partial charge is 0.379 e. The molecule has 0 atom stereocenters. The number of amides is 3. The van der Waals surface area contributed by atoms with Crippen molar-refractivity contribution in [2.45, 2.75) is 19.3 Å². The van der Waals surface area contributed by atoms with E-state index >= 15 is 0 Å². The lowest BCUT2D eigenvalue weighted by atomic mass is 10.3. The Morgan fingerprint density at radius 1 is 1.20 bits per heavy atom. The molecular formula is C20H23FN4O4S. The lowest BCUT2D eigenvalue weighted by Crippen LogP contribution is -2.44. The minimum Gasteiger partial charge on any atom is -0.379 e. The number of para-hydroxylation sites is 1. The molecule has 30 heavy (non-hydrogen) atoms. The Balaban J connectivity index is 1.51. The summed E-state index contributed by atoms with van der Waals surface area (Å²) in [4.78, 5) is 46.0. The van der Waals surface area contributed by atoms with Crippen molar-refractivity contribution in [3.63, 3.8) is 0 Å². The van der Waals surface area contributed by atoms with Gasteiger partial charge >= 0.3 is 0 Å². The number of hydrogen-bond acceptors (Lipinski definition) is 7. The van der Waals surface area contributed by atoms with E-state index in [1.807, 2.05) is 0 Å². The van der Waals surface area contributed by atoms with E-state index in [4.69, 9.17) is 4.74 Å². The molecule has 1 aromatic heterocycles. The molecule has 0 bridgehead atoms. The van der Waals surface area contributed by atoms with Crippen LogP contribution in [-0.4, -0.2) is 78.4 Å². The second kappa shape index (κ2) is 9.15. The van der Waals surface area contributed by atoms with Crippen LogP contribution in [0.15, 0.2) is 18.2 Å². The summed E-state index contributed by atoms with van der Waals surface area (Å²) in [6.07, 6.45) is 0.955. The van der Waals surface area contributed by atoms with Crippen LogP contribution in [0, 0.1) is 5.82 Å². The van der Waals surface area contributed by atoms with Gasteiger partial charge in [-0.2, -0.15) is 0 Å². The highest BCUT2D eigenvalue weighted by molar-refractivity contribution is 7.22. The molecule has 10 heteroatoms. The summed E-state index contributed by atoms with van der Waals surface area (Å²) in [5.74, 6) is -1.51. The number of likely N-dealkylation sites (tertiary alicyclic amines) is 1. The van der Waals surface area contributed by atoms with Crippen LogP contribution >= 0.6 is 11.3 Å². The topological polar surface area (TPSA) is 83.1 Å². The number of carbonyl (C=O) groups is 3. The van der Waals surface area contributed by atoms with Crippen LogP contribution in [0.3, 0.4) is 0 Å². The number of imide groups is 1. The molecule has 0 radical (unpaired) electrons. The average Bonchev–Trinajstić information content (AvgIpc) is 3.31. The first kappa shape index (κ1) is 20.8. The number of carbonyl (C=O) groups excluding carboxylic acids is 3. The number of nitrogens with zero attached hydrogens (tertiary/aromatic N) is 4. The van der Waals surface area contributed by atoms with Crippen LogP contribution in [0.1, 0.15) is 19.3 Å². The number of benzene rings is 1. The van der Waals surface area contributed by atoms with Crippen LogP contribution in [-0.2, 0) is 19.1 Å². The van der Waals surface area contributed by atoms with Gasteiger partial charge in [-0.05, 0) is 18.6 Å². The highest BCUT2D eigenvalue weighted by atomic mass is 32.1. The minimum absolute atomic E-state index is 0.134. The van der Waals surface area contributed by atoms with E-state index in [-0.39, 0.29) is 42.6 Å². The lowest BCUT2D eigenvalue weighted by Gasteiger charge is -2.28. The second-order valence-corrected chi connectivity index (χ2v) is 8.32. The summed E-state index contributed by atoms with van der Waals surface area (Å²) < 4.78 is 20.1. The number of hydrogen-bond donors (Lipinski definition) is 0. The Hall–Kier alpha value is -2.43. The number of thiazole rings is 1. The third-order valence-corrected chi connectivity index (χ3v) is 6.34. The van der Waals surface area contributed by atoms with E-state index in [1.165, 1.54) is 22.3 Å². The summed E-state index contributed by atoms with van der Waals surface area (Å²) >= 11 is 1.23. The first-order valence-electron chi connectivity index (χ1n) is 10.0. The fourth-order valence-electron chi connectivity index (χ4n) is 3.64. The number of rotatable bonds is 7. The summed E-state index contributed by atoms with van der Waals surface area (Å²) in [6.45, 7) is 3.92. The molecule has 0 aliphatic carbocycles. The lowest BCUT2D eigenvalue weighted by molar-refractivity contribution is -0.141. The van der Waals surface area contributed by atoms with Crippen LogP contribution < -0.4 is 4.90 Å². The van der Waals surface area contributed by atoms with Crippen LogP contribution in [0.25, 0.3) is 10.2 Å². The van der Waals surface area contributed by atoms with E-state index in [0.29, 0.717) is 36.0 Å². The van der Waals surface area contributed by atoms with Crippen molar-refractivity contribution in [1.29, 1.82) is 0 Å². The molecular weight excluding hydrogens is 411 g/mol. The van der Waals surface area contributed by atoms with Gasteiger partial charge in [-0.3, -0.25) is 29.1 Å². The Morgan fingerprint density at radius 2 is 1.93 bits per heavy atom. The predicted octanol–water partition coefficient (Wildman–Crippen LogP) is 1.64. The number of morpholine rings is 1. The zero-order valence-electron chi connectivity index (χ0n) is 16.5. The first-order chi connectivity index (χ1) is 14.5. The fraction of sp³-hybridized carbons (Fsp3) is 0.500. The quantitative estimate of drug-likeness (QED) is 0.616. The van der Waals surface area contributed by atoms with Gasteiger partial charge in [0.25, 0.3) is 0 Å². The van der Waals surface area contributed by atoms with Crippen molar-refractivity contribution in [1.82, 2.24) is 14.8 Å². The smallest absolute Gasteiger partial charge is 0.248 e. The molecule has 2 aliphatic heterocycles. The molecule has 3 amide bonds. The Bertz CT molecular complexity index is 943. The van der Waals surface area contributed by atoms with E-state index in [2.05, 4.69) is 9.88 Å². The molecule has 4 rings (SSSR count). The molecule has 0 N–H and O–H groups in total. The first-order valence-corrected chi connectivity index (χ1v) is 10.8. The van der Waals surface area contributed by atoms with Crippen LogP contribution in [0.4, 0.5) is 9.52 Å². The highest BCUT2D eigenvalue weighted by Gasteiger charge is 2.32. The third-order valence-electron chi connectivity index (χ3n) is 5.30. The number of aromatic nitrogens is 1. The Labute approximate surface area is 177 Å². The Morgan fingerprint density at radius 3 is 2.63 bits per heavy atom. The van der Waals surface area contributed by atoms with Gasteiger partial charge in [0.2, 0.25) is 17.7 Å². The highest BCUT2D eigenvalue weighted by Crippen LogP contribution is 2.30. The molecule has 0 spiro atoms. The van der Waals surface area contributed by atoms with E-state index in [1.54, 1.807) is 12.1 Å². The molecule has 0 unspecified atom stereocenters. The molecule has 2 aromatic rings. The zero-order chi connectivity index (χ0) is 21.1. The zero-order valence-corrected chi connectivity index (χ0v) is 17.3. The van der Waals surface area contributed by atoms with E-state index in [9.17, 15) is 18.8 Å². The SMILES string of the molecule is O=C1CCC(=O)N1CC(=O)N(CCCN1CCOCC1)c1nc2c(F)cccc2s1. The molecule has 8 nitrogen and oxygen atoms in total. The predicted molar refractivity (Wildman–Crippen MR) is 110 cm³/mol. The van der Waals surface area contributed by atoms with Crippen molar-refractivity contribution in [3.05, 3.63) is 24.0 Å². The summed E-state index contributed by atoms with van der Waals surface area (Å²) in [5.41, 5.74) is 0.219. The fourth-order valence-corrected chi connectivity index (χ4v) is 4.67. The Kier molecular flexibility index (Phi) is 6.35. The van der Waals surface area contributed by atoms with Crippen molar-refractivity contribution in [3.8, 4) is 0 Å². The van der Waals surface area contributed by atoms with Gasteiger partial charge in [-0.1, -0.05) is 17.4 Å². The number of fused-ring (bicyclic) bond motifs is 1. The number of halogens is 1. The van der Waals surface area contributed by atoms with Gasteiger partial charge in [0, 0.05) is 39.0 Å². The number of anilines is 1. The van der Waals surface area contributed by atoms with Gasteiger partial charge in [0.05, 0.1) is 17.9 Å². The summed E-state index contributed by atoms with van der Waals surface area (Å²) in [5, 5.41) is 0.376. The summed E-state index contributed by atoms with van der Waals surface area (Å²) in [6, 6.07) is 4.69. The molecule has 2 saturated heterocycles. The van der Waals surface area contributed by atoms with Crippen molar-refractivity contribution in [2.75, 3.05) is 50.8 Å². The second-order valence-electron chi connectivity index (χ2n) is 7.31. The van der Waals surface area contributed by atoms with E-state index < -0.39 is 5.82 Å². The standard InChI is InChI=1S/C20H23FN4O4S/c21-14-3-1-4-15-19(14)22-20(30-15)24(8-2-7-23-9-11-29-12-10-23)18(28)13-25-16(26)5-6-17(25)27/h1,3-4H,2,5-13H2. The van der Waals surface area contributed by atoms with Crippen molar-refractivity contribution >= 4 is 44.4 Å². The van der Waals surface area contributed by atoms with Crippen LogP contribution in [0.5, 0.6) is 0 Å². The van der Waals surface area contributed by atoms with Gasteiger partial charge in [0.15, 0.2) is 5.13 Å². The molecule has 160 valence electrons. The molecule has 3 heterocycles. The average molecular weight is 434 g/mol. The maximum atomic E-state index is 14.1. The van der Waals surface area contributed by atoms with Crippen LogP contribution in [0.2, 0.25) is 0 Å². The molecule has 1 aromatic carbocycles. The van der Waals surface area contributed by atoms with Gasteiger partial charge in [-0.15, -0.1) is 0 Å². The number of ether oxygens (including phenoxy) is 1. The minimum atomic E-state index is -0.444. The molecule has 2 fully saturated rings. The molecule has 0 saturated carbocycles. The van der Waals surface area contributed by atoms with Gasteiger partial charge < -0.3 is 4.74 Å². The maximum absolute atomic E-state index is 14.1. The summed E-state index contributed by atoms with van der Waals surface area (Å²) in [7, 11) is 0. The third kappa shape index (κ3) is 4.50. The van der Waals surface area contributed by atoms with Gasteiger partial charge in [0.1, 0.15) is 17.9 Å². The van der Waals surface area contributed by atoms with Gasteiger partial charge in [-0.25, -0.2) is 9.37 Å².